The highest BCUT2D eigenvalue weighted by atomic mass is 35.5. The molecule has 11 heteroatoms. The number of benzene rings is 2. The highest BCUT2D eigenvalue weighted by Gasteiger charge is 2.22. The van der Waals surface area contributed by atoms with Crippen LogP contribution in [0.4, 0.5) is 10.2 Å². The normalized spacial score (nSPS) is 12.4. The van der Waals surface area contributed by atoms with Crippen LogP contribution in [0.5, 0.6) is 0 Å². The highest BCUT2D eigenvalue weighted by molar-refractivity contribution is 6.35. The Labute approximate surface area is 190 Å². The lowest BCUT2D eigenvalue weighted by Gasteiger charge is -2.21. The summed E-state index contributed by atoms with van der Waals surface area (Å²) < 4.78 is 15.9. The second-order valence-corrected chi connectivity index (χ2v) is 7.87. The molecule has 0 amide bonds. The summed E-state index contributed by atoms with van der Waals surface area (Å²) in [5.74, 6) is 0.118. The minimum atomic E-state index is -0.666. The minimum absolute atomic E-state index is 0.132. The highest BCUT2D eigenvalue weighted by Crippen LogP contribution is 2.28. The summed E-state index contributed by atoms with van der Waals surface area (Å²) in [4.78, 5) is 33.5. The van der Waals surface area contributed by atoms with Crippen molar-refractivity contribution in [3.05, 3.63) is 81.1 Å². The van der Waals surface area contributed by atoms with E-state index < -0.39 is 17.4 Å². The fourth-order valence-electron chi connectivity index (χ4n) is 3.54. The number of nitrogens with zero attached hydrogens (tertiary/aromatic N) is 5. The number of rotatable bonds is 4. The first-order valence-corrected chi connectivity index (χ1v) is 10.3. The largest absolute Gasteiger partial charge is 0.358 e. The molecule has 0 aliphatic heterocycles. The number of imidazole rings is 1. The number of fused-ring (bicyclic) bond motifs is 2. The van der Waals surface area contributed by atoms with E-state index in [4.69, 9.17) is 23.2 Å². The Kier molecular flexibility index (Phi) is 4.99. The molecule has 3 heterocycles. The Hall–Kier alpha value is -3.56. The second kappa shape index (κ2) is 7.85. The zero-order valence-electron chi connectivity index (χ0n) is 16.5. The van der Waals surface area contributed by atoms with E-state index in [1.165, 1.54) is 35.4 Å². The van der Waals surface area contributed by atoms with Gasteiger partial charge in [0.2, 0.25) is 0 Å². The molecule has 0 aliphatic rings. The van der Waals surface area contributed by atoms with Gasteiger partial charge in [0.25, 0.3) is 5.56 Å². The summed E-state index contributed by atoms with van der Waals surface area (Å²) in [5, 5.41) is 3.73. The van der Waals surface area contributed by atoms with Crippen molar-refractivity contribution < 1.29 is 4.39 Å². The van der Waals surface area contributed by atoms with Crippen molar-refractivity contribution in [1.29, 1.82) is 0 Å². The van der Waals surface area contributed by atoms with Crippen molar-refractivity contribution in [2.75, 3.05) is 5.32 Å². The summed E-state index contributed by atoms with van der Waals surface area (Å²) in [7, 11) is 0. The average Bonchev–Trinajstić information content (AvgIpc) is 3.24. The summed E-state index contributed by atoms with van der Waals surface area (Å²) in [6.45, 7) is 1.80. The van der Waals surface area contributed by atoms with Crippen molar-refractivity contribution in [1.82, 2.24) is 29.5 Å². The van der Waals surface area contributed by atoms with Crippen LogP contribution in [0.3, 0.4) is 0 Å². The van der Waals surface area contributed by atoms with Gasteiger partial charge in [-0.15, -0.1) is 0 Å². The van der Waals surface area contributed by atoms with Gasteiger partial charge in [0.05, 0.1) is 28.6 Å². The van der Waals surface area contributed by atoms with Gasteiger partial charge in [0, 0.05) is 5.02 Å². The van der Waals surface area contributed by atoms with Gasteiger partial charge in [0.15, 0.2) is 11.5 Å². The van der Waals surface area contributed by atoms with Gasteiger partial charge in [-0.2, -0.15) is 0 Å². The zero-order valence-corrected chi connectivity index (χ0v) is 18.0. The van der Waals surface area contributed by atoms with Crippen molar-refractivity contribution in [2.45, 2.75) is 13.0 Å². The number of hydrogen-bond donors (Lipinski definition) is 2. The lowest BCUT2D eigenvalue weighted by atomic mass is 10.2. The third kappa shape index (κ3) is 3.35. The molecule has 2 aromatic carbocycles. The van der Waals surface area contributed by atoms with E-state index in [0.717, 1.165) is 0 Å². The number of hydrogen-bond acceptors (Lipinski definition) is 6. The molecule has 0 spiro atoms. The van der Waals surface area contributed by atoms with Gasteiger partial charge < -0.3 is 10.3 Å². The van der Waals surface area contributed by atoms with E-state index >= 15 is 0 Å². The standard InChI is InChI=1S/C21H14Cl2FN7O/c1-10(29-19-17-18(26-8-25-17)27-9-28-19)20-30-14-4-2-3-13(24)16(14)21(32)31(20)15-6-5-11(22)7-12(15)23/h2-10H,1H3,(H2,25,26,27,28,29)/t10-/m1/s1. The quantitative estimate of drug-likeness (QED) is 0.396. The molecular weight excluding hydrogens is 456 g/mol. The maximum absolute atomic E-state index is 14.6. The smallest absolute Gasteiger partial charge is 0.269 e. The van der Waals surface area contributed by atoms with Gasteiger partial charge in [0.1, 0.15) is 28.9 Å². The molecule has 5 aromatic rings. The van der Waals surface area contributed by atoms with Crippen LogP contribution in [-0.2, 0) is 0 Å². The Morgan fingerprint density at radius 1 is 1.16 bits per heavy atom. The lowest BCUT2D eigenvalue weighted by molar-refractivity contribution is 0.635. The van der Waals surface area contributed by atoms with Crippen molar-refractivity contribution >= 4 is 51.1 Å². The number of anilines is 1. The van der Waals surface area contributed by atoms with Crippen LogP contribution in [0.25, 0.3) is 27.8 Å². The molecule has 0 fully saturated rings. The molecular formula is C21H14Cl2FN7O. The van der Waals surface area contributed by atoms with E-state index in [2.05, 4.69) is 30.2 Å². The van der Waals surface area contributed by atoms with Crippen LogP contribution < -0.4 is 10.9 Å². The summed E-state index contributed by atoms with van der Waals surface area (Å²) in [6, 6.07) is 8.47. The third-order valence-electron chi connectivity index (χ3n) is 4.99. The van der Waals surface area contributed by atoms with Gasteiger partial charge in [-0.05, 0) is 37.3 Å². The molecule has 32 heavy (non-hydrogen) atoms. The maximum atomic E-state index is 14.6. The second-order valence-electron chi connectivity index (χ2n) is 7.03. The predicted octanol–water partition coefficient (Wildman–Crippen LogP) is 4.67. The van der Waals surface area contributed by atoms with Gasteiger partial charge >= 0.3 is 0 Å². The van der Waals surface area contributed by atoms with Crippen molar-refractivity contribution in [3.63, 3.8) is 0 Å². The lowest BCUT2D eigenvalue weighted by Crippen LogP contribution is -2.28. The van der Waals surface area contributed by atoms with Gasteiger partial charge in [-0.1, -0.05) is 29.3 Å². The maximum Gasteiger partial charge on any atom is 0.269 e. The number of H-pyrrole nitrogens is 1. The van der Waals surface area contributed by atoms with Crippen molar-refractivity contribution in [3.8, 4) is 5.69 Å². The summed E-state index contributed by atoms with van der Waals surface area (Å²) in [6.07, 6.45) is 2.89. The molecule has 0 radical (unpaired) electrons. The zero-order chi connectivity index (χ0) is 22.4. The molecule has 0 bridgehead atoms. The first kappa shape index (κ1) is 20.3. The summed E-state index contributed by atoms with van der Waals surface area (Å²) >= 11 is 12.4. The molecule has 160 valence electrons. The van der Waals surface area contributed by atoms with E-state index in [9.17, 15) is 9.18 Å². The fourth-order valence-corrected chi connectivity index (χ4v) is 4.03. The topological polar surface area (TPSA) is 101 Å². The summed E-state index contributed by atoms with van der Waals surface area (Å²) in [5.41, 5.74) is 1.06. The molecule has 1 atom stereocenters. The van der Waals surface area contributed by atoms with Crippen LogP contribution in [0.15, 0.2) is 53.8 Å². The monoisotopic (exact) mass is 469 g/mol. The Bertz CT molecular complexity index is 1550. The van der Waals surface area contributed by atoms with Crippen LogP contribution in [-0.4, -0.2) is 29.5 Å². The molecule has 3 aromatic heterocycles. The molecule has 0 unspecified atom stereocenters. The predicted molar refractivity (Wildman–Crippen MR) is 121 cm³/mol. The number of halogens is 3. The van der Waals surface area contributed by atoms with E-state index in [0.29, 0.717) is 33.5 Å². The fraction of sp³-hybridized carbons (Fsp3) is 0.0952. The van der Waals surface area contributed by atoms with Gasteiger partial charge in [-0.25, -0.2) is 24.3 Å². The van der Waals surface area contributed by atoms with Crippen LogP contribution in [0.2, 0.25) is 10.0 Å². The molecule has 0 aliphatic carbocycles. The average molecular weight is 470 g/mol. The Balaban J connectivity index is 1.74. The van der Waals surface area contributed by atoms with Crippen LogP contribution in [0, 0.1) is 5.82 Å². The van der Waals surface area contributed by atoms with Crippen molar-refractivity contribution in [2.24, 2.45) is 0 Å². The number of aromatic nitrogens is 6. The first-order valence-electron chi connectivity index (χ1n) is 9.51. The van der Waals surface area contributed by atoms with E-state index in [-0.39, 0.29) is 15.9 Å². The molecule has 0 saturated heterocycles. The van der Waals surface area contributed by atoms with E-state index in [1.54, 1.807) is 25.1 Å². The van der Waals surface area contributed by atoms with Gasteiger partial charge in [-0.3, -0.25) is 9.36 Å². The van der Waals surface area contributed by atoms with E-state index in [1.807, 2.05) is 0 Å². The third-order valence-corrected chi connectivity index (χ3v) is 5.52. The Morgan fingerprint density at radius 2 is 2.00 bits per heavy atom. The number of nitrogens with one attached hydrogen (secondary N) is 2. The van der Waals surface area contributed by atoms with Crippen LogP contribution in [0.1, 0.15) is 18.8 Å². The minimum Gasteiger partial charge on any atom is -0.358 e. The molecule has 8 nitrogen and oxygen atoms in total. The first-order chi connectivity index (χ1) is 15.4. The molecule has 2 N–H and O–H groups in total. The Morgan fingerprint density at radius 3 is 2.81 bits per heavy atom. The molecule has 5 rings (SSSR count). The molecule has 0 saturated carbocycles. The SMILES string of the molecule is C[C@@H](Nc1ncnc2nc[nH]c12)c1nc2cccc(F)c2c(=O)n1-c1ccc(Cl)cc1Cl. The van der Waals surface area contributed by atoms with Crippen LogP contribution >= 0.6 is 23.2 Å². The number of aromatic amines is 1.